The van der Waals surface area contributed by atoms with E-state index in [-0.39, 0.29) is 30.0 Å². The quantitative estimate of drug-likeness (QED) is 0.732. The lowest BCUT2D eigenvalue weighted by molar-refractivity contribution is -0.0424. The first-order chi connectivity index (χ1) is 12.2. The molecule has 1 heterocycles. The van der Waals surface area contributed by atoms with Gasteiger partial charge in [0.1, 0.15) is 0 Å². The first-order valence-electron chi connectivity index (χ1n) is 8.75. The fourth-order valence-corrected chi connectivity index (χ4v) is 3.30. The normalized spacial score (nSPS) is 17.9. The second kappa shape index (κ2) is 11.0. The zero-order valence-electron chi connectivity index (χ0n) is 15.8. The van der Waals surface area contributed by atoms with Crippen LogP contribution in [0.4, 0.5) is 0 Å². The Morgan fingerprint density at radius 3 is 2.48 bits per heavy atom. The molecule has 2 unspecified atom stereocenters. The lowest BCUT2D eigenvalue weighted by Gasteiger charge is -2.37. The Balaban J connectivity index is 0.00000182. The van der Waals surface area contributed by atoms with Crippen molar-refractivity contribution in [3.8, 4) is 0 Å². The zero-order chi connectivity index (χ0) is 17.6. The van der Waals surface area contributed by atoms with Crippen molar-refractivity contribution in [2.24, 2.45) is 0 Å². The van der Waals surface area contributed by atoms with Crippen LogP contribution in [-0.2, 0) is 15.9 Å². The summed E-state index contributed by atoms with van der Waals surface area (Å²) >= 11 is 0. The van der Waals surface area contributed by atoms with Crippen LogP contribution >= 0.6 is 12.4 Å². The van der Waals surface area contributed by atoms with Crippen molar-refractivity contribution in [2.75, 3.05) is 26.8 Å². The Morgan fingerprint density at radius 1 is 1.19 bits per heavy atom. The van der Waals surface area contributed by atoms with Gasteiger partial charge in [0.05, 0.1) is 25.4 Å². The highest BCUT2D eigenvalue weighted by Crippen LogP contribution is 2.24. The minimum atomic E-state index is -0.293. The molecule has 1 aliphatic rings. The van der Waals surface area contributed by atoms with E-state index >= 15 is 0 Å². The van der Waals surface area contributed by atoms with Crippen molar-refractivity contribution in [3.63, 3.8) is 0 Å². The van der Waals surface area contributed by atoms with Gasteiger partial charge < -0.3 is 14.9 Å². The zero-order valence-corrected chi connectivity index (χ0v) is 16.6. The van der Waals surface area contributed by atoms with E-state index in [0.717, 1.165) is 26.1 Å². The van der Waals surface area contributed by atoms with Crippen LogP contribution in [0.5, 0.6) is 0 Å². The average Bonchev–Trinajstić information content (AvgIpc) is 2.68. The van der Waals surface area contributed by atoms with Crippen LogP contribution in [0.2, 0.25) is 0 Å². The predicted molar refractivity (Wildman–Crippen MR) is 109 cm³/mol. The lowest BCUT2D eigenvalue weighted by Crippen LogP contribution is -2.44. The molecule has 0 aromatic heterocycles. The lowest BCUT2D eigenvalue weighted by atomic mass is 10.0. The van der Waals surface area contributed by atoms with Gasteiger partial charge in [-0.05, 0) is 36.6 Å². The standard InChI is InChI=1S/C21H25NO3.ClH.H2O/c1-16(14-17-8-10-19(11-9-17)21(23)24-2)22-12-13-25-20(15-22)18-6-4-3-5-7-18;;/h3-11,16,20H,12-15H2,1-2H3;1H;1H2. The number of carbonyl (C=O) groups is 1. The number of benzene rings is 2. The van der Waals surface area contributed by atoms with Crippen molar-refractivity contribution in [2.45, 2.75) is 25.5 Å². The van der Waals surface area contributed by atoms with Crippen molar-refractivity contribution in [1.29, 1.82) is 0 Å². The number of hydrogen-bond acceptors (Lipinski definition) is 4. The maximum atomic E-state index is 11.5. The minimum Gasteiger partial charge on any atom is -0.465 e. The fourth-order valence-electron chi connectivity index (χ4n) is 3.30. The van der Waals surface area contributed by atoms with Crippen molar-refractivity contribution in [3.05, 3.63) is 71.3 Å². The largest absolute Gasteiger partial charge is 0.465 e. The molecule has 0 bridgehead atoms. The number of halogens is 1. The molecule has 1 saturated heterocycles. The highest BCUT2D eigenvalue weighted by Gasteiger charge is 2.25. The minimum absolute atomic E-state index is 0. The Hall–Kier alpha value is -1.92. The molecule has 0 aliphatic carbocycles. The van der Waals surface area contributed by atoms with E-state index in [4.69, 9.17) is 9.47 Å². The maximum absolute atomic E-state index is 11.5. The van der Waals surface area contributed by atoms with E-state index in [9.17, 15) is 4.79 Å². The van der Waals surface area contributed by atoms with Crippen LogP contribution in [0.15, 0.2) is 54.6 Å². The highest BCUT2D eigenvalue weighted by molar-refractivity contribution is 5.89. The van der Waals surface area contributed by atoms with Gasteiger partial charge in [-0.15, -0.1) is 12.4 Å². The molecule has 27 heavy (non-hydrogen) atoms. The number of morpholine rings is 1. The van der Waals surface area contributed by atoms with Gasteiger partial charge in [0.25, 0.3) is 0 Å². The number of esters is 1. The van der Waals surface area contributed by atoms with Crippen LogP contribution in [0, 0.1) is 0 Å². The number of rotatable bonds is 5. The van der Waals surface area contributed by atoms with Crippen molar-refractivity contribution < 1.29 is 19.7 Å². The third kappa shape index (κ3) is 6.04. The van der Waals surface area contributed by atoms with E-state index in [1.54, 1.807) is 0 Å². The molecule has 2 atom stereocenters. The summed E-state index contributed by atoms with van der Waals surface area (Å²) in [6.07, 6.45) is 1.09. The molecule has 2 aromatic rings. The molecular weight excluding hydrogens is 366 g/mol. The number of methoxy groups -OCH3 is 1. The second-order valence-electron chi connectivity index (χ2n) is 6.51. The Bertz CT molecular complexity index is 693. The van der Waals surface area contributed by atoms with Crippen molar-refractivity contribution in [1.82, 2.24) is 4.90 Å². The number of carbonyl (C=O) groups excluding carboxylic acids is 1. The first-order valence-corrected chi connectivity index (χ1v) is 8.75. The Labute approximate surface area is 167 Å². The highest BCUT2D eigenvalue weighted by atomic mass is 35.5. The van der Waals surface area contributed by atoms with Gasteiger partial charge in [0.2, 0.25) is 0 Å². The van der Waals surface area contributed by atoms with E-state index in [0.29, 0.717) is 11.6 Å². The van der Waals surface area contributed by atoms with E-state index in [1.165, 1.54) is 18.2 Å². The fraction of sp³-hybridized carbons (Fsp3) is 0.381. The summed E-state index contributed by atoms with van der Waals surface area (Å²) in [5, 5.41) is 0. The number of ether oxygens (including phenoxy) is 2. The second-order valence-corrected chi connectivity index (χ2v) is 6.51. The van der Waals surface area contributed by atoms with Gasteiger partial charge in [-0.2, -0.15) is 0 Å². The molecule has 0 saturated carbocycles. The molecule has 5 nitrogen and oxygen atoms in total. The van der Waals surface area contributed by atoms with E-state index < -0.39 is 0 Å². The summed E-state index contributed by atoms with van der Waals surface area (Å²) < 4.78 is 10.7. The van der Waals surface area contributed by atoms with Gasteiger partial charge >= 0.3 is 5.97 Å². The molecule has 2 N–H and O–H groups in total. The van der Waals surface area contributed by atoms with Gasteiger partial charge in [-0.1, -0.05) is 42.5 Å². The smallest absolute Gasteiger partial charge is 0.337 e. The first kappa shape index (κ1) is 23.1. The molecule has 0 amide bonds. The monoisotopic (exact) mass is 393 g/mol. The van der Waals surface area contributed by atoms with Crippen molar-refractivity contribution >= 4 is 18.4 Å². The Morgan fingerprint density at radius 2 is 1.85 bits per heavy atom. The molecule has 0 radical (unpaired) electrons. The summed E-state index contributed by atoms with van der Waals surface area (Å²) in [4.78, 5) is 14.0. The van der Waals surface area contributed by atoms with E-state index in [1.807, 2.05) is 30.3 Å². The topological polar surface area (TPSA) is 70.3 Å². The van der Waals surface area contributed by atoms with Crippen LogP contribution in [0.25, 0.3) is 0 Å². The molecule has 0 spiro atoms. The van der Waals surface area contributed by atoms with Gasteiger partial charge in [0.15, 0.2) is 0 Å². The predicted octanol–water partition coefficient (Wildman–Crippen LogP) is 3.07. The Kier molecular flexibility index (Phi) is 9.46. The summed E-state index contributed by atoms with van der Waals surface area (Å²) in [7, 11) is 1.40. The molecule has 2 aromatic carbocycles. The molecule has 3 rings (SSSR count). The van der Waals surface area contributed by atoms with Gasteiger partial charge in [-0.25, -0.2) is 4.79 Å². The van der Waals surface area contributed by atoms with Crippen LogP contribution in [-0.4, -0.2) is 49.2 Å². The summed E-state index contributed by atoms with van der Waals surface area (Å²) in [5.74, 6) is -0.293. The summed E-state index contributed by atoms with van der Waals surface area (Å²) in [6, 6.07) is 18.5. The molecule has 148 valence electrons. The average molecular weight is 394 g/mol. The molecule has 6 heteroatoms. The van der Waals surface area contributed by atoms with Crippen LogP contribution in [0.1, 0.15) is 34.5 Å². The third-order valence-corrected chi connectivity index (χ3v) is 4.80. The number of hydrogen-bond donors (Lipinski definition) is 0. The van der Waals surface area contributed by atoms with Gasteiger partial charge in [-0.3, -0.25) is 4.90 Å². The third-order valence-electron chi connectivity index (χ3n) is 4.80. The maximum Gasteiger partial charge on any atom is 0.337 e. The molecular formula is C21H28ClNO4. The van der Waals surface area contributed by atoms with Gasteiger partial charge in [0, 0.05) is 19.1 Å². The van der Waals surface area contributed by atoms with Crippen LogP contribution < -0.4 is 0 Å². The van der Waals surface area contributed by atoms with E-state index in [2.05, 4.69) is 36.1 Å². The number of nitrogens with zero attached hydrogens (tertiary/aromatic N) is 1. The molecule has 1 fully saturated rings. The molecule has 1 aliphatic heterocycles. The van der Waals surface area contributed by atoms with Crippen LogP contribution in [0.3, 0.4) is 0 Å². The summed E-state index contributed by atoms with van der Waals surface area (Å²) in [5.41, 5.74) is 3.05. The summed E-state index contributed by atoms with van der Waals surface area (Å²) in [6.45, 7) is 4.86. The SMILES string of the molecule is COC(=O)c1ccc(CC(C)N2CCOC(c3ccccc3)C2)cc1.Cl.O.